The summed E-state index contributed by atoms with van der Waals surface area (Å²) in [6.07, 6.45) is 4.22. The molecule has 0 saturated heterocycles. The molecule has 0 aliphatic rings. The van der Waals surface area contributed by atoms with Crippen LogP contribution in [0.25, 0.3) is 11.2 Å². The molecule has 0 aliphatic heterocycles. The number of imidazole rings is 1. The first kappa shape index (κ1) is 13.3. The Kier molecular flexibility index (Phi) is 3.63. The number of hydrogen-bond acceptors (Lipinski definition) is 6. The van der Waals surface area contributed by atoms with Gasteiger partial charge in [-0.3, -0.25) is 4.98 Å². The van der Waals surface area contributed by atoms with E-state index in [0.29, 0.717) is 28.7 Å². The summed E-state index contributed by atoms with van der Waals surface area (Å²) in [4.78, 5) is 20.1. The van der Waals surface area contributed by atoms with E-state index in [9.17, 15) is 0 Å². The average molecular weight is 284 g/mol. The maximum atomic E-state index is 5.80. The van der Waals surface area contributed by atoms with Gasteiger partial charge in [0.1, 0.15) is 11.3 Å². The minimum Gasteiger partial charge on any atom is -0.435 e. The summed E-state index contributed by atoms with van der Waals surface area (Å²) in [6, 6.07) is 3.74. The van der Waals surface area contributed by atoms with Crippen LogP contribution in [-0.4, -0.2) is 31.5 Å². The fourth-order valence-corrected chi connectivity index (χ4v) is 1.82. The second kappa shape index (κ2) is 5.74. The first-order chi connectivity index (χ1) is 10.3. The second-order valence-electron chi connectivity index (χ2n) is 4.62. The number of anilines is 1. The van der Waals surface area contributed by atoms with Crippen molar-refractivity contribution in [3.05, 3.63) is 30.4 Å². The number of aromatic amines is 1. The molecule has 3 aromatic rings. The first-order valence-electron chi connectivity index (χ1n) is 6.81. The number of nitrogens with one attached hydrogen (secondary N) is 2. The van der Waals surface area contributed by atoms with Crippen LogP contribution in [0.4, 0.5) is 5.95 Å². The smallest absolute Gasteiger partial charge is 0.250 e. The SMILES string of the molecule is CCCNc1nc(Oc2ccc(C)nc2)c2[nH]cnc2n1. The zero-order valence-corrected chi connectivity index (χ0v) is 11.9. The van der Waals surface area contributed by atoms with E-state index < -0.39 is 0 Å². The Labute approximate surface area is 121 Å². The number of ether oxygens (including phenoxy) is 1. The Morgan fingerprint density at radius 2 is 2.14 bits per heavy atom. The van der Waals surface area contributed by atoms with Gasteiger partial charge >= 0.3 is 0 Å². The number of H-pyrrole nitrogens is 1. The molecule has 0 atom stereocenters. The van der Waals surface area contributed by atoms with Gasteiger partial charge in [0, 0.05) is 12.2 Å². The van der Waals surface area contributed by atoms with Crippen molar-refractivity contribution in [3.63, 3.8) is 0 Å². The summed E-state index contributed by atoms with van der Waals surface area (Å²) in [5.74, 6) is 1.56. The number of nitrogens with zero attached hydrogens (tertiary/aromatic N) is 4. The third-order valence-electron chi connectivity index (χ3n) is 2.88. The Morgan fingerprint density at radius 3 is 2.90 bits per heavy atom. The Bertz CT molecular complexity index is 737. The molecule has 108 valence electrons. The van der Waals surface area contributed by atoms with Crippen LogP contribution in [0.2, 0.25) is 0 Å². The number of aromatic nitrogens is 5. The standard InChI is InChI=1S/C14H16N6O/c1-3-6-15-14-19-12-11(17-8-18-12)13(20-14)21-10-5-4-9(2)16-7-10/h4-5,7-8H,3,6H2,1-2H3,(H2,15,17,18,19,20). The highest BCUT2D eigenvalue weighted by Crippen LogP contribution is 2.26. The fourth-order valence-electron chi connectivity index (χ4n) is 1.82. The molecule has 21 heavy (non-hydrogen) atoms. The second-order valence-corrected chi connectivity index (χ2v) is 4.62. The van der Waals surface area contributed by atoms with Gasteiger partial charge in [0.2, 0.25) is 5.95 Å². The highest BCUT2D eigenvalue weighted by Gasteiger charge is 2.12. The van der Waals surface area contributed by atoms with E-state index >= 15 is 0 Å². The van der Waals surface area contributed by atoms with Crippen LogP contribution in [0, 0.1) is 6.92 Å². The highest BCUT2D eigenvalue weighted by atomic mass is 16.5. The largest absolute Gasteiger partial charge is 0.435 e. The maximum Gasteiger partial charge on any atom is 0.250 e. The van der Waals surface area contributed by atoms with E-state index in [-0.39, 0.29) is 0 Å². The maximum absolute atomic E-state index is 5.80. The number of rotatable bonds is 5. The molecule has 3 aromatic heterocycles. The Balaban J connectivity index is 1.95. The van der Waals surface area contributed by atoms with Crippen molar-refractivity contribution < 1.29 is 4.74 Å². The van der Waals surface area contributed by atoms with Gasteiger partial charge < -0.3 is 15.0 Å². The summed E-state index contributed by atoms with van der Waals surface area (Å²) >= 11 is 0. The molecular weight excluding hydrogens is 268 g/mol. The predicted molar refractivity (Wildman–Crippen MR) is 79.5 cm³/mol. The molecule has 0 bridgehead atoms. The van der Waals surface area contributed by atoms with E-state index in [1.165, 1.54) is 0 Å². The first-order valence-corrected chi connectivity index (χ1v) is 6.81. The molecule has 3 rings (SSSR count). The van der Waals surface area contributed by atoms with Crippen molar-refractivity contribution in [2.24, 2.45) is 0 Å². The molecule has 7 nitrogen and oxygen atoms in total. The van der Waals surface area contributed by atoms with E-state index in [1.807, 2.05) is 19.1 Å². The van der Waals surface area contributed by atoms with Gasteiger partial charge in [0.25, 0.3) is 5.88 Å². The predicted octanol–water partition coefficient (Wildman–Crippen LogP) is 2.67. The molecule has 0 fully saturated rings. The quantitative estimate of drug-likeness (QED) is 0.748. The van der Waals surface area contributed by atoms with Gasteiger partial charge in [-0.05, 0) is 25.5 Å². The minimum absolute atomic E-state index is 0.432. The molecule has 0 amide bonds. The summed E-state index contributed by atoms with van der Waals surface area (Å²) in [7, 11) is 0. The van der Waals surface area contributed by atoms with E-state index in [0.717, 1.165) is 18.7 Å². The zero-order valence-electron chi connectivity index (χ0n) is 11.9. The van der Waals surface area contributed by atoms with Crippen LogP contribution in [0.1, 0.15) is 19.0 Å². The monoisotopic (exact) mass is 284 g/mol. The third-order valence-corrected chi connectivity index (χ3v) is 2.88. The Hall–Kier alpha value is -2.70. The lowest BCUT2D eigenvalue weighted by atomic mass is 10.4. The number of fused-ring (bicyclic) bond motifs is 1. The van der Waals surface area contributed by atoms with Crippen molar-refractivity contribution in [1.29, 1.82) is 0 Å². The van der Waals surface area contributed by atoms with Crippen molar-refractivity contribution in [2.45, 2.75) is 20.3 Å². The minimum atomic E-state index is 0.432. The average Bonchev–Trinajstić information content (AvgIpc) is 2.96. The number of hydrogen-bond donors (Lipinski definition) is 2. The molecule has 0 aromatic carbocycles. The van der Waals surface area contributed by atoms with Crippen LogP contribution in [-0.2, 0) is 0 Å². The number of aryl methyl sites for hydroxylation is 1. The summed E-state index contributed by atoms with van der Waals surface area (Å²) in [5.41, 5.74) is 2.17. The molecule has 0 unspecified atom stereocenters. The van der Waals surface area contributed by atoms with Crippen molar-refractivity contribution in [2.75, 3.05) is 11.9 Å². The van der Waals surface area contributed by atoms with E-state index in [1.54, 1.807) is 12.5 Å². The van der Waals surface area contributed by atoms with Crippen LogP contribution in [0.3, 0.4) is 0 Å². The third kappa shape index (κ3) is 2.91. The molecule has 7 heteroatoms. The van der Waals surface area contributed by atoms with Gasteiger partial charge in [0.05, 0.1) is 12.5 Å². The van der Waals surface area contributed by atoms with E-state index in [2.05, 4.69) is 37.2 Å². The van der Waals surface area contributed by atoms with Crippen LogP contribution >= 0.6 is 0 Å². The molecule has 0 saturated carbocycles. The van der Waals surface area contributed by atoms with Gasteiger partial charge in [-0.1, -0.05) is 6.92 Å². The summed E-state index contributed by atoms with van der Waals surface area (Å²) < 4.78 is 5.80. The van der Waals surface area contributed by atoms with Crippen molar-refractivity contribution in [1.82, 2.24) is 24.9 Å². The van der Waals surface area contributed by atoms with Gasteiger partial charge in [-0.15, -0.1) is 0 Å². The lowest BCUT2D eigenvalue weighted by Gasteiger charge is -2.08. The Morgan fingerprint density at radius 1 is 1.24 bits per heavy atom. The molecular formula is C14H16N6O. The van der Waals surface area contributed by atoms with Crippen LogP contribution in [0.15, 0.2) is 24.7 Å². The van der Waals surface area contributed by atoms with Crippen LogP contribution < -0.4 is 10.1 Å². The van der Waals surface area contributed by atoms with Crippen molar-refractivity contribution in [3.8, 4) is 11.6 Å². The molecule has 2 N–H and O–H groups in total. The molecule has 0 aliphatic carbocycles. The van der Waals surface area contributed by atoms with E-state index in [4.69, 9.17) is 4.74 Å². The van der Waals surface area contributed by atoms with Gasteiger partial charge in [-0.25, -0.2) is 4.98 Å². The van der Waals surface area contributed by atoms with Crippen LogP contribution in [0.5, 0.6) is 11.6 Å². The highest BCUT2D eigenvalue weighted by molar-refractivity contribution is 5.77. The summed E-state index contributed by atoms with van der Waals surface area (Å²) in [5, 5.41) is 3.14. The normalized spacial score (nSPS) is 10.8. The molecule has 0 radical (unpaired) electrons. The molecule has 3 heterocycles. The summed E-state index contributed by atoms with van der Waals surface area (Å²) in [6.45, 7) is 4.80. The van der Waals surface area contributed by atoms with Crippen molar-refractivity contribution >= 4 is 17.1 Å². The lowest BCUT2D eigenvalue weighted by molar-refractivity contribution is 0.465. The number of pyridine rings is 1. The van der Waals surface area contributed by atoms with Gasteiger partial charge in [0.15, 0.2) is 5.65 Å². The zero-order chi connectivity index (χ0) is 14.7. The lowest BCUT2D eigenvalue weighted by Crippen LogP contribution is -2.05. The topological polar surface area (TPSA) is 88.6 Å². The fraction of sp³-hybridized carbons (Fsp3) is 0.286. The van der Waals surface area contributed by atoms with Gasteiger partial charge in [-0.2, -0.15) is 9.97 Å². The molecule has 0 spiro atoms.